The molecule has 0 aliphatic carbocycles. The molecule has 0 bridgehead atoms. The zero-order valence-electron chi connectivity index (χ0n) is 16.3. The number of methoxy groups -OCH3 is 2. The number of halogens is 4. The molecule has 2 aromatic carbocycles. The summed E-state index contributed by atoms with van der Waals surface area (Å²) in [5, 5.41) is 2.99. The van der Waals surface area contributed by atoms with Gasteiger partial charge in [-0.05, 0) is 37.3 Å². The monoisotopic (exact) mass is 422 g/mol. The van der Waals surface area contributed by atoms with Crippen LogP contribution in [-0.4, -0.2) is 24.2 Å². The minimum atomic E-state index is -4.66. The Bertz CT molecular complexity index is 1090. The maximum absolute atomic E-state index is 14.5. The maximum atomic E-state index is 14.5. The molecule has 0 fully saturated rings. The van der Waals surface area contributed by atoms with Crippen molar-refractivity contribution in [2.75, 3.05) is 25.3 Å². The minimum Gasteiger partial charge on any atom is -0.497 e. The SMILES string of the molecule is COc1ccc(Nc2nc(C)nc(-c3ccc(C(F)(F)F)cc3F)c2N)c(OC)c1. The quantitative estimate of drug-likeness (QED) is 0.566. The fraction of sp³-hybridized carbons (Fsp3) is 0.200. The summed E-state index contributed by atoms with van der Waals surface area (Å²) >= 11 is 0. The third kappa shape index (κ3) is 4.22. The minimum absolute atomic E-state index is 0.0243. The van der Waals surface area contributed by atoms with E-state index in [0.717, 1.165) is 12.1 Å². The molecule has 0 amide bonds. The van der Waals surface area contributed by atoms with Crippen molar-refractivity contribution >= 4 is 17.2 Å². The Morgan fingerprint density at radius 1 is 1.00 bits per heavy atom. The molecule has 10 heteroatoms. The van der Waals surface area contributed by atoms with Crippen LogP contribution in [0.15, 0.2) is 36.4 Å². The lowest BCUT2D eigenvalue weighted by Gasteiger charge is -2.16. The average molecular weight is 422 g/mol. The molecule has 0 saturated carbocycles. The standard InChI is InChI=1S/C20H18F4N4O2/c1-10-26-18(13-6-4-11(8-14(13)21)20(22,23)24)17(25)19(27-10)28-15-7-5-12(29-2)9-16(15)30-3/h4-9H,25H2,1-3H3,(H,26,27,28). The first-order valence-electron chi connectivity index (χ1n) is 8.64. The highest BCUT2D eigenvalue weighted by Gasteiger charge is 2.31. The summed E-state index contributed by atoms with van der Waals surface area (Å²) in [6, 6.07) is 7.18. The van der Waals surface area contributed by atoms with E-state index in [0.29, 0.717) is 23.3 Å². The van der Waals surface area contributed by atoms with Gasteiger partial charge in [0.25, 0.3) is 0 Å². The Labute approximate surface area is 169 Å². The second kappa shape index (κ2) is 8.05. The van der Waals surface area contributed by atoms with Crippen molar-refractivity contribution in [3.05, 3.63) is 53.6 Å². The zero-order chi connectivity index (χ0) is 22.1. The molecule has 1 aromatic heterocycles. The van der Waals surface area contributed by atoms with Gasteiger partial charge in [-0.1, -0.05) is 0 Å². The number of aryl methyl sites for hydroxylation is 1. The summed E-state index contributed by atoms with van der Waals surface area (Å²) in [6.45, 7) is 1.56. The van der Waals surface area contributed by atoms with Crippen LogP contribution >= 0.6 is 0 Å². The Hall–Kier alpha value is -3.56. The van der Waals surface area contributed by atoms with Crippen LogP contribution in [0.25, 0.3) is 11.3 Å². The van der Waals surface area contributed by atoms with E-state index in [9.17, 15) is 17.6 Å². The predicted molar refractivity (Wildman–Crippen MR) is 104 cm³/mol. The van der Waals surface area contributed by atoms with Crippen LogP contribution < -0.4 is 20.5 Å². The van der Waals surface area contributed by atoms with E-state index in [4.69, 9.17) is 15.2 Å². The first-order chi connectivity index (χ1) is 14.1. The van der Waals surface area contributed by atoms with Crippen molar-refractivity contribution in [1.29, 1.82) is 0 Å². The van der Waals surface area contributed by atoms with Gasteiger partial charge in [-0.3, -0.25) is 0 Å². The number of alkyl halides is 3. The summed E-state index contributed by atoms with van der Waals surface area (Å²) < 4.78 is 63.4. The first kappa shape index (κ1) is 21.2. The molecular weight excluding hydrogens is 404 g/mol. The predicted octanol–water partition coefficient (Wildman–Crippen LogP) is 4.95. The fourth-order valence-corrected chi connectivity index (χ4v) is 2.79. The van der Waals surface area contributed by atoms with Crippen molar-refractivity contribution in [2.45, 2.75) is 13.1 Å². The van der Waals surface area contributed by atoms with Crippen LogP contribution in [0.2, 0.25) is 0 Å². The Balaban J connectivity index is 2.05. The second-order valence-electron chi connectivity index (χ2n) is 6.27. The summed E-state index contributed by atoms with van der Waals surface area (Å²) in [5.41, 5.74) is 5.30. The normalized spacial score (nSPS) is 11.3. The molecular formula is C20H18F4N4O2. The smallest absolute Gasteiger partial charge is 0.416 e. The van der Waals surface area contributed by atoms with Crippen LogP contribution in [-0.2, 0) is 6.18 Å². The lowest BCUT2D eigenvalue weighted by molar-refractivity contribution is -0.137. The molecule has 0 aliphatic heterocycles. The topological polar surface area (TPSA) is 82.3 Å². The number of nitrogens with two attached hydrogens (primary N) is 1. The lowest BCUT2D eigenvalue weighted by atomic mass is 10.1. The first-order valence-corrected chi connectivity index (χ1v) is 8.64. The van der Waals surface area contributed by atoms with Crippen LogP contribution in [0.4, 0.5) is 34.8 Å². The van der Waals surface area contributed by atoms with Crippen LogP contribution in [0.3, 0.4) is 0 Å². The third-order valence-electron chi connectivity index (χ3n) is 4.27. The van der Waals surface area contributed by atoms with Gasteiger partial charge < -0.3 is 20.5 Å². The fourth-order valence-electron chi connectivity index (χ4n) is 2.79. The number of hydrogen-bond acceptors (Lipinski definition) is 6. The highest BCUT2D eigenvalue weighted by Crippen LogP contribution is 2.37. The molecule has 1 heterocycles. The number of ether oxygens (including phenoxy) is 2. The van der Waals surface area contributed by atoms with Gasteiger partial charge in [-0.15, -0.1) is 0 Å². The van der Waals surface area contributed by atoms with E-state index in [-0.39, 0.29) is 28.6 Å². The number of rotatable bonds is 5. The second-order valence-corrected chi connectivity index (χ2v) is 6.27. The molecule has 158 valence electrons. The van der Waals surface area contributed by atoms with Crippen LogP contribution in [0.1, 0.15) is 11.4 Å². The Morgan fingerprint density at radius 2 is 1.73 bits per heavy atom. The molecule has 0 radical (unpaired) electrons. The van der Waals surface area contributed by atoms with Crippen LogP contribution in [0, 0.1) is 12.7 Å². The highest BCUT2D eigenvalue weighted by molar-refractivity contribution is 5.84. The molecule has 30 heavy (non-hydrogen) atoms. The van der Waals surface area contributed by atoms with Crippen molar-refractivity contribution < 1.29 is 27.0 Å². The van der Waals surface area contributed by atoms with E-state index in [1.165, 1.54) is 14.2 Å². The van der Waals surface area contributed by atoms with E-state index < -0.39 is 17.6 Å². The largest absolute Gasteiger partial charge is 0.497 e. The van der Waals surface area contributed by atoms with Gasteiger partial charge in [-0.2, -0.15) is 13.2 Å². The summed E-state index contributed by atoms with van der Waals surface area (Å²) in [7, 11) is 2.98. The number of nitrogens with one attached hydrogen (secondary N) is 1. The summed E-state index contributed by atoms with van der Waals surface area (Å²) in [6.07, 6.45) is -4.66. The Kier molecular flexibility index (Phi) is 5.68. The number of aromatic nitrogens is 2. The molecule has 6 nitrogen and oxygen atoms in total. The van der Waals surface area contributed by atoms with Crippen molar-refractivity contribution in [1.82, 2.24) is 9.97 Å². The van der Waals surface area contributed by atoms with Gasteiger partial charge in [-0.25, -0.2) is 14.4 Å². The molecule has 3 aromatic rings. The average Bonchev–Trinajstić information content (AvgIpc) is 2.70. The molecule has 3 N–H and O–H groups in total. The summed E-state index contributed by atoms with van der Waals surface area (Å²) in [5.74, 6) is 0.306. The van der Waals surface area contributed by atoms with Crippen molar-refractivity contribution in [3.63, 3.8) is 0 Å². The van der Waals surface area contributed by atoms with Gasteiger partial charge in [0.15, 0.2) is 5.82 Å². The zero-order valence-corrected chi connectivity index (χ0v) is 16.3. The molecule has 3 rings (SSSR count). The van der Waals surface area contributed by atoms with Gasteiger partial charge in [0.05, 0.1) is 25.5 Å². The summed E-state index contributed by atoms with van der Waals surface area (Å²) in [4.78, 5) is 8.34. The number of hydrogen-bond donors (Lipinski definition) is 2. The molecule has 0 aliphatic rings. The van der Waals surface area contributed by atoms with E-state index in [1.54, 1.807) is 25.1 Å². The van der Waals surface area contributed by atoms with Crippen LogP contribution in [0.5, 0.6) is 11.5 Å². The van der Waals surface area contributed by atoms with Crippen molar-refractivity contribution in [3.8, 4) is 22.8 Å². The van der Waals surface area contributed by atoms with Gasteiger partial charge in [0.2, 0.25) is 0 Å². The number of benzene rings is 2. The number of nitrogen functional groups attached to an aromatic ring is 1. The van der Waals surface area contributed by atoms with Crippen molar-refractivity contribution in [2.24, 2.45) is 0 Å². The molecule has 0 spiro atoms. The van der Waals surface area contributed by atoms with Gasteiger partial charge in [0.1, 0.15) is 34.5 Å². The highest BCUT2D eigenvalue weighted by atomic mass is 19.4. The van der Waals surface area contributed by atoms with Gasteiger partial charge >= 0.3 is 6.18 Å². The Morgan fingerprint density at radius 3 is 2.33 bits per heavy atom. The van der Waals surface area contributed by atoms with E-state index >= 15 is 0 Å². The molecule has 0 unspecified atom stereocenters. The van der Waals surface area contributed by atoms with E-state index in [2.05, 4.69) is 15.3 Å². The molecule has 0 atom stereocenters. The third-order valence-corrected chi connectivity index (χ3v) is 4.27. The maximum Gasteiger partial charge on any atom is 0.416 e. The number of anilines is 3. The lowest BCUT2D eigenvalue weighted by Crippen LogP contribution is -2.08. The van der Waals surface area contributed by atoms with E-state index in [1.807, 2.05) is 0 Å². The number of nitrogens with zero attached hydrogens (tertiary/aromatic N) is 2. The molecule has 0 saturated heterocycles. The van der Waals surface area contributed by atoms with Gasteiger partial charge in [0, 0.05) is 11.6 Å².